The fourth-order valence-electron chi connectivity index (χ4n) is 3.01. The molecule has 11 heteroatoms. The van der Waals surface area contributed by atoms with E-state index in [1.807, 2.05) is 0 Å². The first-order valence-electron chi connectivity index (χ1n) is 8.64. The lowest BCUT2D eigenvalue weighted by atomic mass is 10.1. The van der Waals surface area contributed by atoms with Gasteiger partial charge in [0.2, 0.25) is 12.4 Å². The summed E-state index contributed by atoms with van der Waals surface area (Å²) in [6.07, 6.45) is -1.19. The first-order chi connectivity index (χ1) is 13.7. The van der Waals surface area contributed by atoms with Crippen LogP contribution in [0.2, 0.25) is 0 Å². The molecule has 0 bridgehead atoms. The van der Waals surface area contributed by atoms with Gasteiger partial charge in [-0.1, -0.05) is 0 Å². The van der Waals surface area contributed by atoms with Gasteiger partial charge in [0.15, 0.2) is 0 Å². The Balaban J connectivity index is 1.69. The van der Waals surface area contributed by atoms with Crippen molar-refractivity contribution in [3.63, 3.8) is 0 Å². The Bertz CT molecular complexity index is 1160. The molecule has 4 heterocycles. The summed E-state index contributed by atoms with van der Waals surface area (Å²) in [5.74, 6) is -0.152. The molecule has 0 aliphatic heterocycles. The first-order valence-corrected chi connectivity index (χ1v) is 8.64. The maximum atomic E-state index is 12.8. The molecule has 0 amide bonds. The van der Waals surface area contributed by atoms with E-state index in [2.05, 4.69) is 25.4 Å². The highest BCUT2D eigenvalue weighted by atomic mass is 19.4. The summed E-state index contributed by atoms with van der Waals surface area (Å²) in [5.41, 5.74) is 2.74. The Labute approximate surface area is 160 Å². The molecular formula is C18H15F5N6. The fraction of sp³-hybridized carbons (Fsp3) is 0.278. The van der Waals surface area contributed by atoms with E-state index in [1.54, 1.807) is 24.5 Å². The number of halogens is 5. The minimum Gasteiger partial charge on any atom is -0.345 e. The van der Waals surface area contributed by atoms with Crippen LogP contribution in [0, 0.1) is 0 Å². The lowest BCUT2D eigenvalue weighted by molar-refractivity contribution is -0.138. The number of rotatable bonds is 5. The SMILES string of the molecule is CC(Nc1ncc2c(-c3ccn4ncc(CC(F)F)c4c3)c[nH]c2n1)C(F)(F)F. The maximum Gasteiger partial charge on any atom is 0.408 e. The van der Waals surface area contributed by atoms with E-state index in [0.717, 1.165) is 6.92 Å². The van der Waals surface area contributed by atoms with Crippen molar-refractivity contribution in [3.8, 4) is 11.1 Å². The van der Waals surface area contributed by atoms with Crippen molar-refractivity contribution in [3.05, 3.63) is 42.5 Å². The zero-order valence-corrected chi connectivity index (χ0v) is 15.0. The van der Waals surface area contributed by atoms with Gasteiger partial charge in [0.05, 0.1) is 11.7 Å². The van der Waals surface area contributed by atoms with Crippen LogP contribution in [0.25, 0.3) is 27.7 Å². The van der Waals surface area contributed by atoms with Gasteiger partial charge in [-0.15, -0.1) is 0 Å². The van der Waals surface area contributed by atoms with Gasteiger partial charge in [0.1, 0.15) is 11.7 Å². The lowest BCUT2D eigenvalue weighted by Crippen LogP contribution is -2.33. The molecule has 0 aromatic carbocycles. The number of anilines is 1. The summed E-state index contributed by atoms with van der Waals surface area (Å²) < 4.78 is 65.2. The highest BCUT2D eigenvalue weighted by Crippen LogP contribution is 2.30. The maximum absolute atomic E-state index is 12.8. The van der Waals surface area contributed by atoms with Crippen LogP contribution in [-0.4, -0.2) is 43.2 Å². The van der Waals surface area contributed by atoms with E-state index in [-0.39, 0.29) is 5.95 Å². The van der Waals surface area contributed by atoms with E-state index in [1.165, 1.54) is 16.9 Å². The fourth-order valence-corrected chi connectivity index (χ4v) is 3.01. The number of hydrogen-bond donors (Lipinski definition) is 2. The zero-order chi connectivity index (χ0) is 20.8. The van der Waals surface area contributed by atoms with Gasteiger partial charge in [-0.3, -0.25) is 0 Å². The van der Waals surface area contributed by atoms with Crippen molar-refractivity contribution in [2.75, 3.05) is 5.32 Å². The van der Waals surface area contributed by atoms with Gasteiger partial charge in [-0.2, -0.15) is 23.3 Å². The number of aromatic nitrogens is 5. The average Bonchev–Trinajstić information content (AvgIpc) is 3.24. The summed E-state index contributed by atoms with van der Waals surface area (Å²) in [5, 5.41) is 6.88. The summed E-state index contributed by atoms with van der Waals surface area (Å²) in [6, 6.07) is 1.68. The number of pyridine rings is 1. The summed E-state index contributed by atoms with van der Waals surface area (Å²) >= 11 is 0. The second kappa shape index (κ2) is 6.98. The molecule has 1 atom stereocenters. The van der Waals surface area contributed by atoms with Crippen molar-refractivity contribution in [1.29, 1.82) is 0 Å². The van der Waals surface area contributed by atoms with Crippen molar-refractivity contribution in [2.45, 2.75) is 32.0 Å². The molecule has 0 radical (unpaired) electrons. The number of H-pyrrole nitrogens is 1. The highest BCUT2D eigenvalue weighted by Gasteiger charge is 2.36. The summed E-state index contributed by atoms with van der Waals surface area (Å²) in [4.78, 5) is 11.0. The quantitative estimate of drug-likeness (QED) is 0.477. The van der Waals surface area contributed by atoms with Gasteiger partial charge in [-0.25, -0.2) is 18.3 Å². The van der Waals surface area contributed by atoms with Crippen molar-refractivity contribution >= 4 is 22.5 Å². The first kappa shape index (κ1) is 19.1. The van der Waals surface area contributed by atoms with Gasteiger partial charge in [0.25, 0.3) is 0 Å². The Morgan fingerprint density at radius 2 is 2.03 bits per heavy atom. The number of nitrogens with zero attached hydrogens (tertiary/aromatic N) is 4. The van der Waals surface area contributed by atoms with Crippen LogP contribution in [0.1, 0.15) is 12.5 Å². The molecule has 0 saturated heterocycles. The minimum absolute atomic E-state index is 0.152. The Morgan fingerprint density at radius 1 is 1.24 bits per heavy atom. The van der Waals surface area contributed by atoms with Crippen LogP contribution < -0.4 is 5.32 Å². The number of alkyl halides is 5. The van der Waals surface area contributed by atoms with Crippen LogP contribution in [0.4, 0.5) is 27.9 Å². The normalized spacial score (nSPS) is 13.5. The Morgan fingerprint density at radius 3 is 2.76 bits per heavy atom. The van der Waals surface area contributed by atoms with E-state index in [9.17, 15) is 22.0 Å². The molecule has 0 fully saturated rings. The van der Waals surface area contributed by atoms with E-state index >= 15 is 0 Å². The van der Waals surface area contributed by atoms with Crippen LogP contribution in [0.3, 0.4) is 0 Å². The van der Waals surface area contributed by atoms with Gasteiger partial charge in [0, 0.05) is 41.5 Å². The molecule has 0 aliphatic rings. The van der Waals surface area contributed by atoms with Gasteiger partial charge >= 0.3 is 6.18 Å². The van der Waals surface area contributed by atoms with Crippen molar-refractivity contribution in [1.82, 2.24) is 24.6 Å². The molecule has 29 heavy (non-hydrogen) atoms. The van der Waals surface area contributed by atoms with Crippen LogP contribution in [0.15, 0.2) is 36.9 Å². The second-order valence-electron chi connectivity index (χ2n) is 6.58. The third-order valence-electron chi connectivity index (χ3n) is 4.56. The predicted octanol–water partition coefficient (Wildman–Crippen LogP) is 4.44. The van der Waals surface area contributed by atoms with Gasteiger partial charge < -0.3 is 10.3 Å². The Hall–Kier alpha value is -3.24. The molecule has 4 aromatic heterocycles. The van der Waals surface area contributed by atoms with E-state index in [0.29, 0.717) is 33.2 Å². The molecule has 152 valence electrons. The van der Waals surface area contributed by atoms with Crippen molar-refractivity contribution < 1.29 is 22.0 Å². The largest absolute Gasteiger partial charge is 0.408 e. The Kier molecular flexibility index (Phi) is 4.59. The topological polar surface area (TPSA) is 70.9 Å². The molecular weight excluding hydrogens is 395 g/mol. The van der Waals surface area contributed by atoms with Crippen LogP contribution in [-0.2, 0) is 6.42 Å². The summed E-state index contributed by atoms with van der Waals surface area (Å²) in [7, 11) is 0. The molecule has 4 rings (SSSR count). The number of aromatic amines is 1. The van der Waals surface area contributed by atoms with Crippen LogP contribution in [0.5, 0.6) is 0 Å². The highest BCUT2D eigenvalue weighted by molar-refractivity contribution is 5.94. The molecule has 0 saturated carbocycles. The van der Waals surface area contributed by atoms with E-state index in [4.69, 9.17) is 0 Å². The monoisotopic (exact) mass is 410 g/mol. The standard InChI is InChI=1S/C18H15F5N6/c1-9(18(21,22)23)27-17-25-8-13-12(7-24-16(13)28-17)10-2-3-29-14(4-10)11(6-26-29)5-15(19)20/h2-4,6-9,15H,5H2,1H3,(H2,24,25,27,28). The van der Waals surface area contributed by atoms with Gasteiger partial charge in [-0.05, 0) is 24.6 Å². The third-order valence-corrected chi connectivity index (χ3v) is 4.56. The zero-order valence-electron chi connectivity index (χ0n) is 15.0. The van der Waals surface area contributed by atoms with E-state index < -0.39 is 25.1 Å². The van der Waals surface area contributed by atoms with Crippen LogP contribution >= 0.6 is 0 Å². The molecule has 1 unspecified atom stereocenters. The number of hydrogen-bond acceptors (Lipinski definition) is 4. The predicted molar refractivity (Wildman–Crippen MR) is 96.9 cm³/mol. The molecule has 0 aliphatic carbocycles. The van der Waals surface area contributed by atoms with Crippen molar-refractivity contribution in [2.24, 2.45) is 0 Å². The smallest absolute Gasteiger partial charge is 0.345 e. The molecule has 2 N–H and O–H groups in total. The molecule has 4 aromatic rings. The second-order valence-corrected chi connectivity index (χ2v) is 6.58. The minimum atomic E-state index is -4.42. The number of fused-ring (bicyclic) bond motifs is 2. The molecule has 6 nitrogen and oxygen atoms in total. The summed E-state index contributed by atoms with van der Waals surface area (Å²) in [6.45, 7) is 0.978. The number of nitrogens with one attached hydrogen (secondary N) is 2. The third kappa shape index (κ3) is 3.71. The average molecular weight is 410 g/mol. The lowest BCUT2D eigenvalue weighted by Gasteiger charge is -2.16. The molecule has 0 spiro atoms.